The summed E-state index contributed by atoms with van der Waals surface area (Å²) < 4.78 is 58.5. The Bertz CT molecular complexity index is 358. The van der Waals surface area contributed by atoms with Gasteiger partial charge in [-0.2, -0.15) is 13.2 Å². The molecule has 1 N–H and O–H groups in total. The molecule has 0 aromatic heterocycles. The molecule has 8 heteroatoms. The predicted molar refractivity (Wildman–Crippen MR) is 49.7 cm³/mol. The van der Waals surface area contributed by atoms with Crippen molar-refractivity contribution in [2.45, 2.75) is 6.18 Å². The van der Waals surface area contributed by atoms with Gasteiger partial charge in [0.15, 0.2) is 0 Å². The molecule has 1 aromatic rings. The Balaban J connectivity index is 0.00000196. The first-order valence-electron chi connectivity index (χ1n) is 3.43. The summed E-state index contributed by atoms with van der Waals surface area (Å²) in [4.78, 5) is 0. The van der Waals surface area contributed by atoms with Crippen LogP contribution in [0, 0.1) is 0 Å². The van der Waals surface area contributed by atoms with Crippen LogP contribution >= 0.6 is 0 Å². The molecular formula is C7H5F3NNaO2S-. The van der Waals surface area contributed by atoms with Crippen LogP contribution in [0.1, 0.15) is 5.56 Å². The van der Waals surface area contributed by atoms with E-state index in [1.807, 2.05) is 4.72 Å². The molecule has 79 valence electrons. The van der Waals surface area contributed by atoms with Gasteiger partial charge in [0.05, 0.1) is 5.56 Å². The number of anilines is 1. The minimum absolute atomic E-state index is 0. The third kappa shape index (κ3) is 4.98. The molecule has 0 saturated heterocycles. The van der Waals surface area contributed by atoms with Crippen molar-refractivity contribution >= 4 is 46.5 Å². The van der Waals surface area contributed by atoms with E-state index in [9.17, 15) is 21.9 Å². The van der Waals surface area contributed by atoms with Crippen LogP contribution in [0.5, 0.6) is 0 Å². The molecule has 0 fully saturated rings. The van der Waals surface area contributed by atoms with Gasteiger partial charge in [-0.3, -0.25) is 4.21 Å². The van der Waals surface area contributed by atoms with Gasteiger partial charge >= 0.3 is 6.18 Å². The van der Waals surface area contributed by atoms with Crippen molar-refractivity contribution in [2.75, 3.05) is 4.72 Å². The maximum Gasteiger partial charge on any atom is 0.416 e. The molecule has 0 aliphatic heterocycles. The summed E-state index contributed by atoms with van der Waals surface area (Å²) >= 11 is -2.62. The van der Waals surface area contributed by atoms with Crippen molar-refractivity contribution in [1.29, 1.82) is 0 Å². The zero-order chi connectivity index (χ0) is 10.8. The summed E-state index contributed by atoms with van der Waals surface area (Å²) in [6.07, 6.45) is -4.47. The third-order valence-corrected chi connectivity index (χ3v) is 1.79. The van der Waals surface area contributed by atoms with E-state index in [2.05, 4.69) is 0 Å². The fraction of sp³-hybridized carbons (Fsp3) is 0.143. The van der Waals surface area contributed by atoms with E-state index in [1.165, 1.54) is 6.07 Å². The van der Waals surface area contributed by atoms with Crippen molar-refractivity contribution < 1.29 is 21.9 Å². The van der Waals surface area contributed by atoms with Crippen LogP contribution in [0.4, 0.5) is 18.9 Å². The van der Waals surface area contributed by atoms with Gasteiger partial charge in [-0.15, -0.1) is 0 Å². The molecule has 15 heavy (non-hydrogen) atoms. The van der Waals surface area contributed by atoms with Crippen molar-refractivity contribution in [2.24, 2.45) is 0 Å². The zero-order valence-corrected chi connectivity index (χ0v) is 10.5. The SMILES string of the molecule is O=S([O-])Nc1cccc(C(F)(F)F)c1.[Na]. The average molecular weight is 247 g/mol. The van der Waals surface area contributed by atoms with Gasteiger partial charge in [-0.1, -0.05) is 6.07 Å². The second-order valence-electron chi connectivity index (χ2n) is 2.42. The molecule has 0 bridgehead atoms. The molecule has 3 nitrogen and oxygen atoms in total. The molecule has 1 unspecified atom stereocenters. The molecule has 0 aliphatic carbocycles. The summed E-state index contributed by atoms with van der Waals surface area (Å²) in [5.41, 5.74) is -1.01. The van der Waals surface area contributed by atoms with E-state index in [1.54, 1.807) is 0 Å². The van der Waals surface area contributed by atoms with E-state index < -0.39 is 23.0 Å². The Morgan fingerprint density at radius 1 is 1.33 bits per heavy atom. The molecule has 0 saturated carbocycles. The number of benzene rings is 1. The Kier molecular flexibility index (Phi) is 5.82. The van der Waals surface area contributed by atoms with E-state index in [-0.39, 0.29) is 35.2 Å². The number of rotatable bonds is 2. The van der Waals surface area contributed by atoms with Gasteiger partial charge in [-0.25, -0.2) is 0 Å². The van der Waals surface area contributed by atoms with Crippen molar-refractivity contribution in [3.05, 3.63) is 29.8 Å². The van der Waals surface area contributed by atoms with Crippen molar-refractivity contribution in [3.8, 4) is 0 Å². The predicted octanol–water partition coefficient (Wildman–Crippen LogP) is 1.53. The van der Waals surface area contributed by atoms with Gasteiger partial charge in [0.25, 0.3) is 0 Å². The van der Waals surface area contributed by atoms with Crippen molar-refractivity contribution in [3.63, 3.8) is 0 Å². The summed E-state index contributed by atoms with van der Waals surface area (Å²) in [6, 6.07) is 3.93. The number of nitrogens with one attached hydrogen (secondary N) is 1. The van der Waals surface area contributed by atoms with Gasteiger partial charge in [-0.05, 0) is 18.2 Å². The quantitative estimate of drug-likeness (QED) is 0.636. The minimum Gasteiger partial charge on any atom is -0.755 e. The largest absolute Gasteiger partial charge is 0.755 e. The Hall–Kier alpha value is -0.0800. The topological polar surface area (TPSA) is 52.2 Å². The van der Waals surface area contributed by atoms with E-state index >= 15 is 0 Å². The van der Waals surface area contributed by atoms with Crippen LogP contribution < -0.4 is 4.72 Å². The number of hydrogen-bond acceptors (Lipinski definition) is 2. The van der Waals surface area contributed by atoms with Gasteiger partial charge in [0.1, 0.15) is 0 Å². The fourth-order valence-corrected chi connectivity index (χ4v) is 1.17. The van der Waals surface area contributed by atoms with Gasteiger partial charge < -0.3 is 9.27 Å². The van der Waals surface area contributed by atoms with E-state index in [0.29, 0.717) is 0 Å². The average Bonchev–Trinajstić information content (AvgIpc) is 2.01. The minimum atomic E-state index is -4.47. The van der Waals surface area contributed by atoms with Crippen LogP contribution in [0.2, 0.25) is 0 Å². The normalized spacial score (nSPS) is 12.8. The first-order valence-corrected chi connectivity index (χ1v) is 4.50. The monoisotopic (exact) mass is 247 g/mol. The first-order chi connectivity index (χ1) is 6.39. The zero-order valence-electron chi connectivity index (χ0n) is 7.67. The molecule has 0 heterocycles. The van der Waals surface area contributed by atoms with Crippen LogP contribution in [0.3, 0.4) is 0 Å². The summed E-state index contributed by atoms with van der Waals surface area (Å²) in [5.74, 6) is 0. The summed E-state index contributed by atoms with van der Waals surface area (Å²) in [7, 11) is 0. The molecule has 1 radical (unpaired) electrons. The molecule has 1 atom stereocenters. The first kappa shape index (κ1) is 14.9. The van der Waals surface area contributed by atoms with E-state index in [4.69, 9.17) is 0 Å². The second-order valence-corrected chi connectivity index (χ2v) is 3.09. The fourth-order valence-electron chi connectivity index (χ4n) is 0.855. The van der Waals surface area contributed by atoms with E-state index in [0.717, 1.165) is 18.2 Å². The maximum absolute atomic E-state index is 12.1. The van der Waals surface area contributed by atoms with Crippen LogP contribution in [0.15, 0.2) is 24.3 Å². The van der Waals surface area contributed by atoms with Crippen LogP contribution in [-0.4, -0.2) is 38.3 Å². The summed E-state index contributed by atoms with van der Waals surface area (Å²) in [5, 5.41) is 0. The van der Waals surface area contributed by atoms with Gasteiger partial charge in [0.2, 0.25) is 0 Å². The molecule has 1 rings (SSSR count). The third-order valence-electron chi connectivity index (χ3n) is 1.39. The number of hydrogen-bond donors (Lipinski definition) is 1. The smallest absolute Gasteiger partial charge is 0.416 e. The van der Waals surface area contributed by atoms with Crippen LogP contribution in [0.25, 0.3) is 0 Å². The molecule has 0 aliphatic rings. The standard InChI is InChI=1S/C7H6F3NO2S.Na/c8-7(9,10)5-2-1-3-6(4-5)11-14(12)13;/h1-4,11H,(H,12,13);/p-1. The van der Waals surface area contributed by atoms with Gasteiger partial charge in [0, 0.05) is 46.5 Å². The molecule has 1 aromatic carbocycles. The molecule has 0 amide bonds. The van der Waals surface area contributed by atoms with Crippen LogP contribution in [-0.2, 0) is 17.4 Å². The number of alkyl halides is 3. The summed E-state index contributed by atoms with van der Waals surface area (Å²) in [6.45, 7) is 0. The van der Waals surface area contributed by atoms with Crippen molar-refractivity contribution in [1.82, 2.24) is 0 Å². The Morgan fingerprint density at radius 2 is 1.93 bits per heavy atom. The maximum atomic E-state index is 12.1. The molecular weight excluding hydrogens is 242 g/mol. The Labute approximate surface area is 109 Å². The Morgan fingerprint density at radius 3 is 2.40 bits per heavy atom. The molecule has 0 spiro atoms. The number of halogens is 3. The second kappa shape index (κ2) is 5.86.